The van der Waals surface area contributed by atoms with Crippen molar-refractivity contribution in [3.8, 4) is 0 Å². The molecule has 0 saturated carbocycles. The van der Waals surface area contributed by atoms with Crippen molar-refractivity contribution in [2.75, 3.05) is 0 Å². The maximum Gasteiger partial charge on any atom is 0.410 e. The van der Waals surface area contributed by atoms with E-state index < -0.39 is 8.32 Å². The van der Waals surface area contributed by atoms with Crippen LogP contribution in [-0.4, -0.2) is 31.4 Å². The summed E-state index contributed by atoms with van der Waals surface area (Å²) in [6.07, 6.45) is 7.14. The van der Waals surface area contributed by atoms with Gasteiger partial charge in [-0.2, -0.15) is 0 Å². The molecule has 1 aromatic rings. The Morgan fingerprint density at radius 3 is 2.60 bits per heavy atom. The van der Waals surface area contributed by atoms with Crippen molar-refractivity contribution in [3.63, 3.8) is 0 Å². The highest BCUT2D eigenvalue weighted by Gasteiger charge is 2.38. The number of carbonyl (C=O) groups is 1. The maximum atomic E-state index is 12.8. The molecule has 136 valence electrons. The first-order valence-electron chi connectivity index (χ1n) is 9.31. The number of rotatable bonds is 4. The summed E-state index contributed by atoms with van der Waals surface area (Å²) >= 11 is 0. The first-order chi connectivity index (χ1) is 11.9. The minimum atomic E-state index is -1.62. The van der Waals surface area contributed by atoms with Crippen LogP contribution in [0.15, 0.2) is 42.2 Å². The third-order valence-corrected chi connectivity index (χ3v) is 5.58. The SMILES string of the molecule is C[Si](C)(C)OC1=C[C@@H]2CCCC[C@H](C1)N2C(=O)OCc1ccccc1. The van der Waals surface area contributed by atoms with E-state index in [0.717, 1.165) is 43.4 Å². The smallest absolute Gasteiger partial charge is 0.410 e. The number of nitrogens with zero attached hydrogens (tertiary/aromatic N) is 1. The lowest BCUT2D eigenvalue weighted by Crippen LogP contribution is -2.49. The van der Waals surface area contributed by atoms with E-state index >= 15 is 0 Å². The number of amides is 1. The summed E-state index contributed by atoms with van der Waals surface area (Å²) in [5.41, 5.74) is 1.02. The van der Waals surface area contributed by atoms with Gasteiger partial charge in [0, 0.05) is 12.5 Å². The van der Waals surface area contributed by atoms with Gasteiger partial charge in [-0.15, -0.1) is 0 Å². The summed E-state index contributed by atoms with van der Waals surface area (Å²) in [5.74, 6) is 1.09. The fourth-order valence-corrected chi connectivity index (χ4v) is 4.65. The Morgan fingerprint density at radius 1 is 1.16 bits per heavy atom. The van der Waals surface area contributed by atoms with Gasteiger partial charge in [-0.1, -0.05) is 43.2 Å². The highest BCUT2D eigenvalue weighted by molar-refractivity contribution is 6.70. The van der Waals surface area contributed by atoms with E-state index in [9.17, 15) is 4.79 Å². The number of hydrogen-bond acceptors (Lipinski definition) is 3. The summed E-state index contributed by atoms with van der Waals surface area (Å²) in [6.45, 7) is 6.95. The van der Waals surface area contributed by atoms with Crippen LogP contribution >= 0.6 is 0 Å². The maximum absolute atomic E-state index is 12.8. The summed E-state index contributed by atoms with van der Waals surface area (Å²) in [4.78, 5) is 14.7. The normalized spacial score (nSPS) is 23.5. The average Bonchev–Trinajstić information content (AvgIpc) is 2.68. The molecule has 0 aliphatic carbocycles. The third kappa shape index (κ3) is 4.88. The Morgan fingerprint density at radius 2 is 1.88 bits per heavy atom. The molecule has 4 nitrogen and oxygen atoms in total. The standard InChI is InChI=1S/C20H29NO3Si/c1-25(2,3)24-19-13-17-11-7-8-12-18(14-19)21(17)20(22)23-15-16-9-5-4-6-10-16/h4-6,9-10,13,17-18H,7-8,11-12,14-15H2,1-3H3/t17-,18+/m0/s1. The van der Waals surface area contributed by atoms with Crippen LogP contribution in [0.4, 0.5) is 4.79 Å². The molecule has 2 aliphatic rings. The predicted molar refractivity (Wildman–Crippen MR) is 102 cm³/mol. The zero-order valence-corrected chi connectivity index (χ0v) is 16.5. The van der Waals surface area contributed by atoms with E-state index in [0.29, 0.717) is 6.61 Å². The predicted octanol–water partition coefficient (Wildman–Crippen LogP) is 5.08. The van der Waals surface area contributed by atoms with E-state index in [1.165, 1.54) is 0 Å². The molecule has 0 N–H and O–H groups in total. The molecule has 2 atom stereocenters. The molecule has 5 heteroatoms. The van der Waals surface area contributed by atoms with Gasteiger partial charge in [0.25, 0.3) is 0 Å². The van der Waals surface area contributed by atoms with E-state index in [1.54, 1.807) is 0 Å². The monoisotopic (exact) mass is 359 g/mol. The van der Waals surface area contributed by atoms with Crippen molar-refractivity contribution in [2.24, 2.45) is 0 Å². The van der Waals surface area contributed by atoms with Crippen molar-refractivity contribution in [2.45, 2.75) is 70.4 Å². The molecule has 3 rings (SSSR count). The quantitative estimate of drug-likeness (QED) is 0.704. The highest BCUT2D eigenvalue weighted by atomic mass is 28.4. The third-order valence-electron chi connectivity index (χ3n) is 4.71. The minimum absolute atomic E-state index is 0.107. The molecule has 0 spiro atoms. The Balaban J connectivity index is 1.70. The lowest BCUT2D eigenvalue weighted by Gasteiger charge is -2.39. The van der Waals surface area contributed by atoms with Crippen molar-refractivity contribution < 1.29 is 14.0 Å². The molecule has 0 radical (unpaired) electrons. The van der Waals surface area contributed by atoms with Crippen LogP contribution in [-0.2, 0) is 15.8 Å². The number of ether oxygens (including phenoxy) is 1. The highest BCUT2D eigenvalue weighted by Crippen LogP contribution is 2.34. The molecular weight excluding hydrogens is 330 g/mol. The van der Waals surface area contributed by atoms with Crippen LogP contribution in [0.25, 0.3) is 0 Å². The van der Waals surface area contributed by atoms with Crippen LogP contribution in [0.1, 0.15) is 37.7 Å². The molecule has 2 aliphatic heterocycles. The molecule has 1 aromatic carbocycles. The lowest BCUT2D eigenvalue weighted by molar-refractivity contribution is 0.0622. The van der Waals surface area contributed by atoms with Crippen molar-refractivity contribution in [1.82, 2.24) is 4.90 Å². The number of benzene rings is 1. The molecule has 0 aromatic heterocycles. The molecule has 1 fully saturated rings. The Hall–Kier alpha value is -1.75. The van der Waals surface area contributed by atoms with Crippen LogP contribution < -0.4 is 0 Å². The van der Waals surface area contributed by atoms with Crippen LogP contribution in [0.3, 0.4) is 0 Å². The number of carbonyl (C=O) groups excluding carboxylic acids is 1. The first-order valence-corrected chi connectivity index (χ1v) is 12.7. The second-order valence-electron chi connectivity index (χ2n) is 8.00. The molecular formula is C20H29NO3Si. The van der Waals surface area contributed by atoms with Crippen molar-refractivity contribution in [3.05, 3.63) is 47.7 Å². The minimum Gasteiger partial charge on any atom is -0.547 e. The van der Waals surface area contributed by atoms with Crippen LogP contribution in [0.5, 0.6) is 0 Å². The van der Waals surface area contributed by atoms with E-state index in [4.69, 9.17) is 9.16 Å². The summed E-state index contributed by atoms with van der Waals surface area (Å²) in [7, 11) is -1.62. The second-order valence-corrected chi connectivity index (χ2v) is 12.4. The summed E-state index contributed by atoms with van der Waals surface area (Å²) in [5, 5.41) is 0. The van der Waals surface area contributed by atoms with Gasteiger partial charge in [-0.25, -0.2) is 4.79 Å². The fourth-order valence-electron chi connectivity index (χ4n) is 3.71. The van der Waals surface area contributed by atoms with Gasteiger partial charge in [-0.3, -0.25) is 4.90 Å². The van der Waals surface area contributed by atoms with Gasteiger partial charge in [0.2, 0.25) is 8.32 Å². The Bertz CT molecular complexity index is 624. The zero-order chi connectivity index (χ0) is 17.9. The molecule has 2 heterocycles. The van der Waals surface area contributed by atoms with Gasteiger partial charge >= 0.3 is 6.09 Å². The fraction of sp³-hybridized carbons (Fsp3) is 0.550. The number of hydrogen-bond donors (Lipinski definition) is 0. The largest absolute Gasteiger partial charge is 0.547 e. The van der Waals surface area contributed by atoms with Gasteiger partial charge in [-0.05, 0) is 44.1 Å². The Kier molecular flexibility index (Phi) is 5.52. The Labute approximate surface area is 151 Å². The number of fused-ring (bicyclic) bond motifs is 2. The van der Waals surface area contributed by atoms with Gasteiger partial charge < -0.3 is 9.16 Å². The topological polar surface area (TPSA) is 38.8 Å². The van der Waals surface area contributed by atoms with Crippen molar-refractivity contribution >= 4 is 14.4 Å². The molecule has 1 saturated heterocycles. The molecule has 0 unspecified atom stereocenters. The van der Waals surface area contributed by atoms with E-state index in [-0.39, 0.29) is 18.2 Å². The lowest BCUT2D eigenvalue weighted by atomic mass is 10.0. The average molecular weight is 360 g/mol. The van der Waals surface area contributed by atoms with Gasteiger partial charge in [0.05, 0.1) is 11.8 Å². The van der Waals surface area contributed by atoms with E-state index in [1.807, 2.05) is 35.2 Å². The van der Waals surface area contributed by atoms with Crippen LogP contribution in [0, 0.1) is 0 Å². The second kappa shape index (κ2) is 7.64. The van der Waals surface area contributed by atoms with Gasteiger partial charge in [0.15, 0.2) is 0 Å². The molecule has 1 amide bonds. The van der Waals surface area contributed by atoms with Crippen LogP contribution in [0.2, 0.25) is 19.6 Å². The molecule has 2 bridgehead atoms. The van der Waals surface area contributed by atoms with Gasteiger partial charge in [0.1, 0.15) is 6.61 Å². The molecule has 25 heavy (non-hydrogen) atoms. The summed E-state index contributed by atoms with van der Waals surface area (Å²) < 4.78 is 11.9. The summed E-state index contributed by atoms with van der Waals surface area (Å²) in [6, 6.07) is 10.2. The van der Waals surface area contributed by atoms with E-state index in [2.05, 4.69) is 25.7 Å². The van der Waals surface area contributed by atoms with Crippen molar-refractivity contribution in [1.29, 1.82) is 0 Å². The first kappa shape index (κ1) is 18.1. The zero-order valence-electron chi connectivity index (χ0n) is 15.5.